The van der Waals surface area contributed by atoms with Gasteiger partial charge in [0.1, 0.15) is 5.75 Å². The minimum absolute atomic E-state index is 0.137. The Hall–Kier alpha value is -2.34. The van der Waals surface area contributed by atoms with E-state index >= 15 is 0 Å². The molecular formula is C16H15BrN2O3. The van der Waals surface area contributed by atoms with Crippen LogP contribution in [0.5, 0.6) is 5.75 Å². The number of nitrogens with one attached hydrogen (secondary N) is 1. The molecule has 0 fully saturated rings. The van der Waals surface area contributed by atoms with Gasteiger partial charge in [-0.25, -0.2) is 0 Å². The average molecular weight is 363 g/mol. The van der Waals surface area contributed by atoms with E-state index in [1.807, 2.05) is 31.2 Å². The molecule has 0 spiro atoms. The second-order valence-corrected chi connectivity index (χ2v) is 5.55. The lowest BCUT2D eigenvalue weighted by Gasteiger charge is -2.10. The number of hydrogen-bond acceptors (Lipinski definition) is 4. The largest absolute Gasteiger partial charge is 0.483 e. The number of nitrogens with zero attached hydrogens (tertiary/aromatic N) is 1. The lowest BCUT2D eigenvalue weighted by Crippen LogP contribution is -2.20. The third-order valence-electron chi connectivity index (χ3n) is 2.83. The van der Waals surface area contributed by atoms with E-state index < -0.39 is 0 Å². The molecule has 0 radical (unpaired) electrons. The van der Waals surface area contributed by atoms with Crippen LogP contribution in [0.25, 0.3) is 0 Å². The number of halogens is 1. The summed E-state index contributed by atoms with van der Waals surface area (Å²) in [5.74, 6) is 0.195. The van der Waals surface area contributed by atoms with Crippen molar-refractivity contribution < 1.29 is 14.7 Å². The maximum atomic E-state index is 11.9. The lowest BCUT2D eigenvalue weighted by atomic mass is 10.2. The van der Waals surface area contributed by atoms with Gasteiger partial charge in [0.15, 0.2) is 6.61 Å². The second-order valence-electron chi connectivity index (χ2n) is 4.63. The minimum atomic E-state index is -0.264. The molecule has 0 bridgehead atoms. The molecule has 22 heavy (non-hydrogen) atoms. The summed E-state index contributed by atoms with van der Waals surface area (Å²) >= 11 is 3.32. The maximum Gasteiger partial charge on any atom is 0.262 e. The topological polar surface area (TPSA) is 70.9 Å². The van der Waals surface area contributed by atoms with Crippen LogP contribution in [0.4, 0.5) is 5.69 Å². The molecule has 0 aliphatic heterocycles. The summed E-state index contributed by atoms with van der Waals surface area (Å²) in [6.07, 6.45) is 1.25. The summed E-state index contributed by atoms with van der Waals surface area (Å²) in [6, 6.07) is 12.7. The molecule has 0 unspecified atom stereocenters. The van der Waals surface area contributed by atoms with Gasteiger partial charge in [-0.15, -0.1) is 0 Å². The smallest absolute Gasteiger partial charge is 0.262 e. The fourth-order valence-electron chi connectivity index (χ4n) is 1.88. The number of carbonyl (C=O) groups is 1. The SMILES string of the molecule is Cc1cccc(NC(=O)COc2ccc(Br)cc2/C=N\O)c1. The molecule has 0 heterocycles. The molecule has 0 saturated heterocycles. The number of rotatable bonds is 5. The zero-order chi connectivity index (χ0) is 15.9. The van der Waals surface area contributed by atoms with Gasteiger partial charge in [-0.2, -0.15) is 0 Å². The van der Waals surface area contributed by atoms with Crippen molar-refractivity contribution in [3.63, 3.8) is 0 Å². The molecule has 0 atom stereocenters. The number of aryl methyl sites for hydroxylation is 1. The van der Waals surface area contributed by atoms with E-state index in [4.69, 9.17) is 9.94 Å². The van der Waals surface area contributed by atoms with Crippen molar-refractivity contribution in [2.45, 2.75) is 6.92 Å². The second kappa shape index (κ2) is 7.61. The van der Waals surface area contributed by atoms with Crippen molar-refractivity contribution in [2.24, 2.45) is 5.16 Å². The predicted molar refractivity (Wildman–Crippen MR) is 88.8 cm³/mol. The third-order valence-corrected chi connectivity index (χ3v) is 3.32. The molecule has 114 valence electrons. The van der Waals surface area contributed by atoms with E-state index in [1.165, 1.54) is 6.21 Å². The van der Waals surface area contributed by atoms with Gasteiger partial charge in [-0.3, -0.25) is 4.79 Å². The Morgan fingerprint density at radius 2 is 2.18 bits per heavy atom. The maximum absolute atomic E-state index is 11.9. The Morgan fingerprint density at radius 3 is 2.91 bits per heavy atom. The van der Waals surface area contributed by atoms with Crippen LogP contribution >= 0.6 is 15.9 Å². The molecule has 2 N–H and O–H groups in total. The Balaban J connectivity index is 1.99. The zero-order valence-electron chi connectivity index (χ0n) is 11.9. The molecule has 5 nitrogen and oxygen atoms in total. The zero-order valence-corrected chi connectivity index (χ0v) is 13.5. The summed E-state index contributed by atoms with van der Waals surface area (Å²) in [5.41, 5.74) is 2.36. The van der Waals surface area contributed by atoms with E-state index in [0.29, 0.717) is 11.3 Å². The van der Waals surface area contributed by atoms with Crippen LogP contribution < -0.4 is 10.1 Å². The van der Waals surface area contributed by atoms with Gasteiger partial charge < -0.3 is 15.3 Å². The van der Waals surface area contributed by atoms with E-state index in [1.54, 1.807) is 18.2 Å². The van der Waals surface area contributed by atoms with Gasteiger partial charge >= 0.3 is 0 Å². The van der Waals surface area contributed by atoms with E-state index in [-0.39, 0.29) is 12.5 Å². The molecular weight excluding hydrogens is 348 g/mol. The van der Waals surface area contributed by atoms with Crippen LogP contribution in [0.1, 0.15) is 11.1 Å². The van der Waals surface area contributed by atoms with Crippen LogP contribution in [-0.4, -0.2) is 23.9 Å². The number of amides is 1. The van der Waals surface area contributed by atoms with Crippen molar-refractivity contribution in [3.8, 4) is 5.75 Å². The van der Waals surface area contributed by atoms with Crippen LogP contribution in [0.3, 0.4) is 0 Å². The Kier molecular flexibility index (Phi) is 5.55. The van der Waals surface area contributed by atoms with Gasteiger partial charge in [0.25, 0.3) is 5.91 Å². The van der Waals surface area contributed by atoms with Gasteiger partial charge in [-0.1, -0.05) is 33.2 Å². The summed E-state index contributed by atoms with van der Waals surface area (Å²) in [7, 11) is 0. The predicted octanol–water partition coefficient (Wildman–Crippen LogP) is 3.58. The summed E-state index contributed by atoms with van der Waals surface area (Å²) in [5, 5.41) is 14.4. The summed E-state index contributed by atoms with van der Waals surface area (Å²) < 4.78 is 6.29. The van der Waals surface area contributed by atoms with Crippen LogP contribution in [0.15, 0.2) is 52.1 Å². The number of benzene rings is 2. The van der Waals surface area contributed by atoms with Crippen molar-refractivity contribution in [1.82, 2.24) is 0 Å². The normalized spacial score (nSPS) is 10.6. The molecule has 6 heteroatoms. The number of carbonyl (C=O) groups excluding carboxylic acids is 1. The molecule has 2 rings (SSSR count). The fourth-order valence-corrected chi connectivity index (χ4v) is 2.26. The number of ether oxygens (including phenoxy) is 1. The molecule has 0 aromatic heterocycles. The first-order chi connectivity index (χ1) is 10.6. The van der Waals surface area contributed by atoms with Crippen LogP contribution in [-0.2, 0) is 4.79 Å². The minimum Gasteiger partial charge on any atom is -0.483 e. The van der Waals surface area contributed by atoms with Gasteiger partial charge in [0.05, 0.1) is 6.21 Å². The van der Waals surface area contributed by atoms with Crippen LogP contribution in [0, 0.1) is 6.92 Å². The van der Waals surface area contributed by atoms with E-state index in [2.05, 4.69) is 26.4 Å². The Bertz CT molecular complexity index is 702. The number of hydrogen-bond donors (Lipinski definition) is 2. The van der Waals surface area contributed by atoms with Crippen molar-refractivity contribution in [2.75, 3.05) is 11.9 Å². The first kappa shape index (κ1) is 16.0. The Morgan fingerprint density at radius 1 is 1.36 bits per heavy atom. The van der Waals surface area contributed by atoms with Gasteiger partial charge in [0, 0.05) is 15.7 Å². The molecule has 2 aromatic rings. The summed E-state index contributed by atoms with van der Waals surface area (Å²) in [6.45, 7) is 1.82. The highest BCUT2D eigenvalue weighted by Crippen LogP contribution is 2.22. The molecule has 2 aromatic carbocycles. The van der Waals surface area contributed by atoms with Crippen molar-refractivity contribution in [1.29, 1.82) is 0 Å². The summed E-state index contributed by atoms with van der Waals surface area (Å²) in [4.78, 5) is 11.9. The Labute approximate surface area is 136 Å². The number of oxime groups is 1. The fraction of sp³-hybridized carbons (Fsp3) is 0.125. The molecule has 0 aliphatic rings. The van der Waals surface area contributed by atoms with Crippen molar-refractivity contribution in [3.05, 3.63) is 58.1 Å². The monoisotopic (exact) mass is 362 g/mol. The quantitative estimate of drug-likeness (QED) is 0.485. The molecule has 0 aliphatic carbocycles. The van der Waals surface area contributed by atoms with E-state index in [9.17, 15) is 4.79 Å². The number of anilines is 1. The van der Waals surface area contributed by atoms with Gasteiger partial charge in [-0.05, 0) is 42.8 Å². The highest BCUT2D eigenvalue weighted by atomic mass is 79.9. The average Bonchev–Trinajstić information content (AvgIpc) is 2.47. The highest BCUT2D eigenvalue weighted by Gasteiger charge is 2.07. The molecule has 1 amide bonds. The first-order valence-corrected chi connectivity index (χ1v) is 7.34. The van der Waals surface area contributed by atoms with Gasteiger partial charge in [0.2, 0.25) is 0 Å². The first-order valence-electron chi connectivity index (χ1n) is 6.55. The van der Waals surface area contributed by atoms with E-state index in [0.717, 1.165) is 15.7 Å². The highest BCUT2D eigenvalue weighted by molar-refractivity contribution is 9.10. The third kappa shape index (κ3) is 4.60. The standard InChI is InChI=1S/C16H15BrN2O3/c1-11-3-2-4-14(7-11)19-16(20)10-22-15-6-5-13(17)8-12(15)9-18-21/h2-9,21H,10H2,1H3,(H,19,20)/b18-9-. The van der Waals surface area contributed by atoms with Crippen molar-refractivity contribution >= 4 is 33.7 Å². The lowest BCUT2D eigenvalue weighted by molar-refractivity contribution is -0.118. The molecule has 0 saturated carbocycles. The van der Waals surface area contributed by atoms with Crippen LogP contribution in [0.2, 0.25) is 0 Å².